The van der Waals surface area contributed by atoms with E-state index in [9.17, 15) is 4.79 Å². The Morgan fingerprint density at radius 2 is 2.29 bits per heavy atom. The molecule has 0 radical (unpaired) electrons. The van der Waals surface area contributed by atoms with Crippen LogP contribution in [0.15, 0.2) is 29.3 Å². The summed E-state index contributed by atoms with van der Waals surface area (Å²) in [4.78, 5) is 13.6. The number of aromatic amines is 1. The highest BCUT2D eigenvalue weighted by Crippen LogP contribution is 2.08. The first kappa shape index (κ1) is 10.6. The zero-order valence-electron chi connectivity index (χ0n) is 7.75. The van der Waals surface area contributed by atoms with E-state index in [4.69, 9.17) is 17.3 Å². The monoisotopic (exact) mass is 210 g/mol. The van der Waals surface area contributed by atoms with Crippen molar-refractivity contribution in [2.24, 2.45) is 5.73 Å². The number of allylic oxidation sites excluding steroid dienone is 3. The molecule has 0 atom stereocenters. The molecule has 0 unspecified atom stereocenters. The average molecular weight is 211 g/mol. The molecule has 3 nitrogen and oxygen atoms in total. The first-order valence-corrected chi connectivity index (χ1v) is 4.50. The number of amides is 1. The summed E-state index contributed by atoms with van der Waals surface area (Å²) in [5.41, 5.74) is 6.26. The highest BCUT2D eigenvalue weighted by molar-refractivity contribution is 6.31. The second kappa shape index (κ2) is 4.67. The number of nitrogens with two attached hydrogens (primary N) is 1. The second-order valence-electron chi connectivity index (χ2n) is 2.70. The molecule has 3 N–H and O–H groups in total. The van der Waals surface area contributed by atoms with E-state index in [1.165, 1.54) is 0 Å². The lowest BCUT2D eigenvalue weighted by Crippen LogP contribution is -2.10. The van der Waals surface area contributed by atoms with E-state index >= 15 is 0 Å². The summed E-state index contributed by atoms with van der Waals surface area (Å²) in [6.45, 7) is 1.84. The number of nitrogens with one attached hydrogen (secondary N) is 1. The molecule has 1 rings (SSSR count). The van der Waals surface area contributed by atoms with E-state index in [1.807, 2.05) is 6.92 Å². The molecular formula is C10H11ClN2O. The van der Waals surface area contributed by atoms with Gasteiger partial charge in [0, 0.05) is 10.7 Å². The van der Waals surface area contributed by atoms with Gasteiger partial charge in [0.25, 0.3) is 5.91 Å². The van der Waals surface area contributed by atoms with Crippen molar-refractivity contribution in [2.75, 3.05) is 0 Å². The molecule has 0 aromatic carbocycles. The van der Waals surface area contributed by atoms with Gasteiger partial charge in [0.2, 0.25) is 0 Å². The van der Waals surface area contributed by atoms with Gasteiger partial charge in [0.05, 0.1) is 0 Å². The van der Waals surface area contributed by atoms with E-state index < -0.39 is 5.91 Å². The van der Waals surface area contributed by atoms with Gasteiger partial charge >= 0.3 is 0 Å². The predicted octanol–water partition coefficient (Wildman–Crippen LogP) is 2.27. The fraction of sp³-hybridized carbons (Fsp3) is 0.100. The van der Waals surface area contributed by atoms with Crippen molar-refractivity contribution in [3.8, 4) is 0 Å². The molecule has 0 saturated heterocycles. The van der Waals surface area contributed by atoms with Crippen LogP contribution >= 0.6 is 11.6 Å². The molecule has 0 aliphatic carbocycles. The number of rotatable bonds is 3. The molecule has 74 valence electrons. The predicted molar refractivity (Wildman–Crippen MR) is 58.0 cm³/mol. The molecule has 0 aliphatic heterocycles. The van der Waals surface area contributed by atoms with E-state index in [2.05, 4.69) is 4.98 Å². The number of H-pyrrole nitrogens is 1. The van der Waals surface area contributed by atoms with Crippen LogP contribution in [0.1, 0.15) is 23.1 Å². The zero-order valence-corrected chi connectivity index (χ0v) is 8.51. The molecule has 1 amide bonds. The van der Waals surface area contributed by atoms with E-state index in [0.717, 1.165) is 5.69 Å². The fourth-order valence-corrected chi connectivity index (χ4v) is 0.982. The molecule has 1 heterocycles. The minimum Gasteiger partial charge on any atom is -0.364 e. The fourth-order valence-electron chi connectivity index (χ4n) is 0.919. The molecule has 0 spiro atoms. The molecule has 4 heteroatoms. The standard InChI is InChI=1S/C10H11ClN2O/c1-2-7(11)3-4-8-5-6-9(13-8)10(12)14/h2-6,13H,1H3,(H2,12,14)/b4-3-,7-2+. The molecule has 0 saturated carbocycles. The first-order chi connectivity index (χ1) is 6.63. The first-order valence-electron chi connectivity index (χ1n) is 4.12. The quantitative estimate of drug-likeness (QED) is 0.739. The van der Waals surface area contributed by atoms with Gasteiger partial charge < -0.3 is 10.7 Å². The Kier molecular flexibility index (Phi) is 3.54. The van der Waals surface area contributed by atoms with Crippen LogP contribution in [-0.4, -0.2) is 10.9 Å². The van der Waals surface area contributed by atoms with Crippen LogP contribution in [0.4, 0.5) is 0 Å². The molecule has 0 aliphatic rings. The van der Waals surface area contributed by atoms with Crippen LogP contribution in [0.2, 0.25) is 0 Å². The van der Waals surface area contributed by atoms with Crippen molar-refractivity contribution < 1.29 is 4.79 Å². The van der Waals surface area contributed by atoms with Crippen LogP contribution in [0, 0.1) is 0 Å². The van der Waals surface area contributed by atoms with Crippen LogP contribution in [0.25, 0.3) is 6.08 Å². The third-order valence-electron chi connectivity index (χ3n) is 1.67. The Morgan fingerprint density at radius 3 is 2.79 bits per heavy atom. The van der Waals surface area contributed by atoms with Crippen LogP contribution in [-0.2, 0) is 0 Å². The Bertz CT molecular complexity index is 391. The molecule has 1 aromatic rings. The van der Waals surface area contributed by atoms with Gasteiger partial charge in [-0.15, -0.1) is 0 Å². The SMILES string of the molecule is C/C=C(Cl)\C=C/c1ccc(C(N)=O)[nH]1. The summed E-state index contributed by atoms with van der Waals surface area (Å²) >= 11 is 5.75. The lowest BCUT2D eigenvalue weighted by molar-refractivity contribution is 0.0996. The molecule has 14 heavy (non-hydrogen) atoms. The van der Waals surface area contributed by atoms with Crippen LogP contribution < -0.4 is 5.73 Å². The van der Waals surface area contributed by atoms with Gasteiger partial charge in [0.15, 0.2) is 0 Å². The summed E-state index contributed by atoms with van der Waals surface area (Å²) < 4.78 is 0. The lowest BCUT2D eigenvalue weighted by atomic mass is 10.3. The van der Waals surface area contributed by atoms with Gasteiger partial charge in [-0.25, -0.2) is 0 Å². The number of hydrogen-bond donors (Lipinski definition) is 2. The molecule has 0 bridgehead atoms. The van der Waals surface area contributed by atoms with Crippen molar-refractivity contribution >= 4 is 23.6 Å². The Labute approximate surface area is 87.3 Å². The number of primary amides is 1. The smallest absolute Gasteiger partial charge is 0.265 e. The Morgan fingerprint density at radius 1 is 1.57 bits per heavy atom. The third-order valence-corrected chi connectivity index (χ3v) is 2.02. The van der Waals surface area contributed by atoms with E-state index in [-0.39, 0.29) is 0 Å². The summed E-state index contributed by atoms with van der Waals surface area (Å²) in [5, 5.41) is 0.639. The van der Waals surface area contributed by atoms with E-state index in [1.54, 1.807) is 30.4 Å². The molecule has 0 fully saturated rings. The number of halogens is 1. The topological polar surface area (TPSA) is 58.9 Å². The van der Waals surface area contributed by atoms with Crippen molar-refractivity contribution in [1.82, 2.24) is 4.98 Å². The molecular weight excluding hydrogens is 200 g/mol. The number of hydrogen-bond acceptors (Lipinski definition) is 1. The molecule has 1 aromatic heterocycles. The largest absolute Gasteiger partial charge is 0.364 e. The maximum Gasteiger partial charge on any atom is 0.265 e. The summed E-state index contributed by atoms with van der Waals surface area (Å²) in [6, 6.07) is 3.39. The Hall–Kier alpha value is -1.48. The van der Waals surface area contributed by atoms with Crippen molar-refractivity contribution in [1.29, 1.82) is 0 Å². The minimum absolute atomic E-state index is 0.390. The maximum absolute atomic E-state index is 10.7. The number of aromatic nitrogens is 1. The van der Waals surface area contributed by atoms with Gasteiger partial charge in [-0.1, -0.05) is 17.7 Å². The van der Waals surface area contributed by atoms with Crippen molar-refractivity contribution in [3.63, 3.8) is 0 Å². The third kappa shape index (κ3) is 2.78. The average Bonchev–Trinajstić information content (AvgIpc) is 2.62. The number of carbonyl (C=O) groups excluding carboxylic acids is 1. The van der Waals surface area contributed by atoms with Gasteiger partial charge in [-0.2, -0.15) is 0 Å². The summed E-state index contributed by atoms with van der Waals surface area (Å²) in [6.07, 6.45) is 5.28. The van der Waals surface area contributed by atoms with E-state index in [0.29, 0.717) is 10.7 Å². The minimum atomic E-state index is -0.471. The summed E-state index contributed by atoms with van der Waals surface area (Å²) in [7, 11) is 0. The van der Waals surface area contributed by atoms with Crippen molar-refractivity contribution in [2.45, 2.75) is 6.92 Å². The highest BCUT2D eigenvalue weighted by atomic mass is 35.5. The normalized spacial score (nSPS) is 12.3. The Balaban J connectivity index is 2.78. The van der Waals surface area contributed by atoms with Crippen LogP contribution in [0.3, 0.4) is 0 Å². The second-order valence-corrected chi connectivity index (χ2v) is 3.13. The lowest BCUT2D eigenvalue weighted by Gasteiger charge is -1.88. The van der Waals surface area contributed by atoms with Crippen LogP contribution in [0.5, 0.6) is 0 Å². The highest BCUT2D eigenvalue weighted by Gasteiger charge is 2.00. The van der Waals surface area contributed by atoms with Gasteiger partial charge in [-0.3, -0.25) is 4.79 Å². The summed E-state index contributed by atoms with van der Waals surface area (Å²) in [5.74, 6) is -0.471. The maximum atomic E-state index is 10.7. The number of carbonyl (C=O) groups is 1. The van der Waals surface area contributed by atoms with Gasteiger partial charge in [0.1, 0.15) is 5.69 Å². The zero-order chi connectivity index (χ0) is 10.6. The van der Waals surface area contributed by atoms with Gasteiger partial charge in [-0.05, 0) is 31.2 Å². The van der Waals surface area contributed by atoms with Crippen molar-refractivity contribution in [3.05, 3.63) is 40.7 Å².